The van der Waals surface area contributed by atoms with Crippen molar-refractivity contribution in [3.63, 3.8) is 0 Å². The Morgan fingerprint density at radius 3 is 2.59 bits per heavy atom. The molecule has 0 aromatic heterocycles. The summed E-state index contributed by atoms with van der Waals surface area (Å²) in [7, 11) is 0. The van der Waals surface area contributed by atoms with Crippen LogP contribution in [0.1, 0.15) is 24.2 Å². The number of allylic oxidation sites excluding steroid dienone is 1. The first-order valence-electron chi connectivity index (χ1n) is 6.31. The monoisotopic (exact) mass is 326 g/mol. The van der Waals surface area contributed by atoms with Crippen LogP contribution in [0, 0.1) is 10.1 Å². The van der Waals surface area contributed by atoms with Crippen LogP contribution in [0.3, 0.4) is 0 Å². The smallest absolute Gasteiger partial charge is 0.271 e. The maximum atomic E-state index is 11.9. The highest BCUT2D eigenvalue weighted by Gasteiger charge is 2.14. The zero-order valence-corrected chi connectivity index (χ0v) is 12.7. The molecule has 8 nitrogen and oxygen atoms in total. The van der Waals surface area contributed by atoms with Gasteiger partial charge in [-0.1, -0.05) is 11.6 Å². The molecule has 118 valence electrons. The Bertz CT molecular complexity index is 630. The number of non-ortho nitro benzene ring substituents is 1. The van der Waals surface area contributed by atoms with Crippen LogP contribution in [0.2, 0.25) is 5.02 Å². The highest BCUT2D eigenvalue weighted by molar-refractivity contribution is 6.34. The van der Waals surface area contributed by atoms with Gasteiger partial charge in [0.2, 0.25) is 5.91 Å². The summed E-state index contributed by atoms with van der Waals surface area (Å²) in [6.45, 7) is 3.87. The zero-order valence-electron chi connectivity index (χ0n) is 12.0. The summed E-state index contributed by atoms with van der Waals surface area (Å²) in [6.07, 6.45) is 1.28. The lowest BCUT2D eigenvalue weighted by atomic mass is 10.2. The van der Waals surface area contributed by atoms with E-state index in [2.05, 4.69) is 16.2 Å². The van der Waals surface area contributed by atoms with Gasteiger partial charge in [0, 0.05) is 30.5 Å². The van der Waals surface area contributed by atoms with E-state index in [4.69, 9.17) is 11.6 Å². The molecule has 0 bridgehead atoms. The molecular formula is C13H15ClN4O4. The maximum absolute atomic E-state index is 11.9. The first-order chi connectivity index (χ1) is 10.3. The molecule has 0 aliphatic heterocycles. The third-order valence-corrected chi connectivity index (χ3v) is 2.79. The maximum Gasteiger partial charge on any atom is 0.271 e. The largest absolute Gasteiger partial charge is 0.353 e. The van der Waals surface area contributed by atoms with Crippen molar-refractivity contribution in [1.29, 1.82) is 0 Å². The number of carbonyl (C=O) groups is 2. The minimum absolute atomic E-state index is 0.0427. The zero-order chi connectivity index (χ0) is 16.7. The summed E-state index contributed by atoms with van der Waals surface area (Å²) >= 11 is 5.84. The second-order valence-electron chi connectivity index (χ2n) is 4.22. The number of benzene rings is 1. The fraction of sp³-hybridized carbons (Fsp3) is 0.231. The van der Waals surface area contributed by atoms with Gasteiger partial charge in [-0.25, -0.2) is 0 Å². The third-order valence-electron chi connectivity index (χ3n) is 2.48. The van der Waals surface area contributed by atoms with Crippen molar-refractivity contribution in [2.75, 3.05) is 6.54 Å². The Morgan fingerprint density at radius 2 is 2.05 bits per heavy atom. The van der Waals surface area contributed by atoms with E-state index in [1.807, 2.05) is 0 Å². The van der Waals surface area contributed by atoms with Crippen LogP contribution in [0.25, 0.3) is 0 Å². The molecule has 0 unspecified atom stereocenters. The molecule has 0 fully saturated rings. The van der Waals surface area contributed by atoms with Crippen LogP contribution < -0.4 is 16.2 Å². The van der Waals surface area contributed by atoms with Crippen molar-refractivity contribution in [2.45, 2.75) is 13.8 Å². The molecule has 1 aromatic rings. The van der Waals surface area contributed by atoms with Crippen LogP contribution in [0.15, 0.2) is 30.0 Å². The molecule has 0 heterocycles. The van der Waals surface area contributed by atoms with Crippen LogP contribution in [-0.4, -0.2) is 23.3 Å². The minimum atomic E-state index is -0.606. The Kier molecular flexibility index (Phi) is 6.33. The molecule has 0 radical (unpaired) electrons. The van der Waals surface area contributed by atoms with E-state index in [-0.39, 0.29) is 22.2 Å². The molecule has 0 aliphatic carbocycles. The van der Waals surface area contributed by atoms with Gasteiger partial charge >= 0.3 is 0 Å². The lowest BCUT2D eigenvalue weighted by Crippen LogP contribution is -2.37. The predicted octanol–water partition coefficient (Wildman–Crippen LogP) is 1.52. The molecule has 0 atom stereocenters. The van der Waals surface area contributed by atoms with Crippen molar-refractivity contribution in [3.8, 4) is 0 Å². The average molecular weight is 327 g/mol. The lowest BCUT2D eigenvalue weighted by Gasteiger charge is -2.09. The molecule has 3 N–H and O–H groups in total. The average Bonchev–Trinajstić information content (AvgIpc) is 2.44. The van der Waals surface area contributed by atoms with E-state index in [9.17, 15) is 19.7 Å². The van der Waals surface area contributed by atoms with Gasteiger partial charge in [-0.05, 0) is 19.9 Å². The van der Waals surface area contributed by atoms with Gasteiger partial charge in [0.15, 0.2) is 0 Å². The molecule has 1 aromatic carbocycles. The second-order valence-corrected chi connectivity index (χ2v) is 4.63. The molecule has 2 amide bonds. The van der Waals surface area contributed by atoms with E-state index in [1.165, 1.54) is 18.2 Å². The summed E-state index contributed by atoms with van der Waals surface area (Å²) < 4.78 is 0. The molecule has 9 heteroatoms. The van der Waals surface area contributed by atoms with Gasteiger partial charge in [-0.3, -0.25) is 25.1 Å². The van der Waals surface area contributed by atoms with E-state index >= 15 is 0 Å². The fourth-order valence-electron chi connectivity index (χ4n) is 1.48. The topological polar surface area (TPSA) is 113 Å². The SMILES string of the molecule is CCNC(=O)/C=C(\C)NNC(=O)c1ccc([N+](=O)[O-])cc1Cl. The molecule has 1 rings (SSSR count). The quantitative estimate of drug-likeness (QED) is 0.416. The summed E-state index contributed by atoms with van der Waals surface area (Å²) in [5.74, 6) is -0.876. The second kappa shape index (κ2) is 7.99. The number of carbonyl (C=O) groups excluding carboxylic acids is 2. The van der Waals surface area contributed by atoms with E-state index in [0.717, 1.165) is 6.07 Å². The van der Waals surface area contributed by atoms with Crippen LogP contribution in [0.4, 0.5) is 5.69 Å². The van der Waals surface area contributed by atoms with Gasteiger partial charge in [-0.15, -0.1) is 0 Å². The number of hydrogen-bond acceptors (Lipinski definition) is 5. The van der Waals surface area contributed by atoms with Gasteiger partial charge in [0.1, 0.15) is 0 Å². The first kappa shape index (κ1) is 17.4. The third kappa shape index (κ3) is 5.06. The summed E-state index contributed by atoms with van der Waals surface area (Å²) in [5.41, 5.74) is 5.17. The summed E-state index contributed by atoms with van der Waals surface area (Å²) in [5, 5.41) is 13.1. The molecule has 0 saturated heterocycles. The molecule has 0 spiro atoms. The Labute approximate surface area is 131 Å². The molecule has 0 saturated carbocycles. The van der Waals surface area contributed by atoms with E-state index in [0.29, 0.717) is 12.2 Å². The minimum Gasteiger partial charge on any atom is -0.353 e. The first-order valence-corrected chi connectivity index (χ1v) is 6.69. The molecule has 22 heavy (non-hydrogen) atoms. The number of hydrazine groups is 1. The Balaban J connectivity index is 2.70. The Hall–Kier alpha value is -2.61. The fourth-order valence-corrected chi connectivity index (χ4v) is 1.74. The van der Waals surface area contributed by atoms with Crippen molar-refractivity contribution in [1.82, 2.24) is 16.2 Å². The molecule has 0 aliphatic rings. The lowest BCUT2D eigenvalue weighted by molar-refractivity contribution is -0.384. The number of nitrogens with zero attached hydrogens (tertiary/aromatic N) is 1. The summed E-state index contributed by atoms with van der Waals surface area (Å²) in [4.78, 5) is 33.2. The van der Waals surface area contributed by atoms with Crippen molar-refractivity contribution in [2.24, 2.45) is 0 Å². The number of nitrogens with one attached hydrogen (secondary N) is 3. The number of nitro groups is 1. The number of likely N-dealkylation sites (N-methyl/N-ethyl adjacent to an activating group) is 1. The van der Waals surface area contributed by atoms with Crippen molar-refractivity contribution in [3.05, 3.63) is 50.7 Å². The van der Waals surface area contributed by atoms with Crippen molar-refractivity contribution >= 4 is 29.1 Å². The van der Waals surface area contributed by atoms with Crippen LogP contribution in [-0.2, 0) is 4.79 Å². The highest BCUT2D eigenvalue weighted by atomic mass is 35.5. The Morgan fingerprint density at radius 1 is 1.36 bits per heavy atom. The van der Waals surface area contributed by atoms with Crippen LogP contribution in [0.5, 0.6) is 0 Å². The number of halogens is 1. The predicted molar refractivity (Wildman–Crippen MR) is 81.1 cm³/mol. The van der Waals surface area contributed by atoms with Crippen molar-refractivity contribution < 1.29 is 14.5 Å². The number of rotatable bonds is 6. The highest BCUT2D eigenvalue weighted by Crippen LogP contribution is 2.22. The number of nitro benzene ring substituents is 1. The van der Waals surface area contributed by atoms with Gasteiger partial charge in [0.25, 0.3) is 11.6 Å². The summed E-state index contributed by atoms with van der Waals surface area (Å²) in [6, 6.07) is 3.52. The normalized spacial score (nSPS) is 10.8. The van der Waals surface area contributed by atoms with Crippen LogP contribution >= 0.6 is 11.6 Å². The van der Waals surface area contributed by atoms with Gasteiger partial charge < -0.3 is 10.7 Å². The number of hydrogen-bond donors (Lipinski definition) is 3. The standard InChI is InChI=1S/C13H15ClN4O4/c1-3-15-12(19)6-8(2)16-17-13(20)10-5-4-9(18(21)22)7-11(10)14/h4-7,16H,3H2,1-2H3,(H,15,19)(H,17,20)/b8-6+. The number of amides is 2. The van der Waals surface area contributed by atoms with E-state index in [1.54, 1.807) is 13.8 Å². The van der Waals surface area contributed by atoms with Gasteiger partial charge in [0.05, 0.1) is 15.5 Å². The molecular weight excluding hydrogens is 312 g/mol. The van der Waals surface area contributed by atoms with E-state index < -0.39 is 10.8 Å². The van der Waals surface area contributed by atoms with Gasteiger partial charge in [-0.2, -0.15) is 0 Å².